The van der Waals surface area contributed by atoms with Crippen molar-refractivity contribution in [2.45, 2.75) is 33.0 Å². The van der Waals surface area contributed by atoms with Crippen molar-refractivity contribution < 1.29 is 0 Å². The summed E-state index contributed by atoms with van der Waals surface area (Å²) in [6, 6.07) is 6.59. The lowest BCUT2D eigenvalue weighted by Gasteiger charge is -2.15. The molecule has 1 N–H and O–H groups in total. The first-order valence-electron chi connectivity index (χ1n) is 6.07. The molecule has 0 bridgehead atoms. The fraction of sp³-hybridized carbons (Fsp3) is 0.462. The molecular formula is C13H20N4. The van der Waals surface area contributed by atoms with Crippen molar-refractivity contribution in [3.63, 3.8) is 0 Å². The van der Waals surface area contributed by atoms with Gasteiger partial charge < -0.3 is 9.88 Å². The molecule has 2 heterocycles. The summed E-state index contributed by atoms with van der Waals surface area (Å²) >= 11 is 0. The summed E-state index contributed by atoms with van der Waals surface area (Å²) in [7, 11) is 2.07. The second-order valence-electron chi connectivity index (χ2n) is 4.28. The number of hydrogen-bond donors (Lipinski definition) is 1. The van der Waals surface area contributed by atoms with Gasteiger partial charge in [-0.05, 0) is 32.0 Å². The van der Waals surface area contributed by atoms with Crippen LogP contribution in [0, 0.1) is 0 Å². The van der Waals surface area contributed by atoms with Crippen molar-refractivity contribution in [1.82, 2.24) is 19.7 Å². The molecule has 0 saturated carbocycles. The normalized spacial score (nSPS) is 12.9. The molecule has 2 aromatic heterocycles. The minimum absolute atomic E-state index is 0.312. The molecule has 0 amide bonds. The van der Waals surface area contributed by atoms with Gasteiger partial charge >= 0.3 is 0 Å². The Morgan fingerprint density at radius 1 is 1.41 bits per heavy atom. The molecule has 17 heavy (non-hydrogen) atoms. The zero-order valence-electron chi connectivity index (χ0n) is 10.7. The summed E-state index contributed by atoms with van der Waals surface area (Å²) in [5.74, 6) is 0. The molecule has 2 aromatic rings. The molecule has 0 aromatic carbocycles. The standard InChI is InChI=1S/C13H20N4/c1-4-17-13(7-8-15-17)11(2)14-10-12-6-5-9-16(12)3/h5-9,11,14H,4,10H2,1-3H3. The fourth-order valence-electron chi connectivity index (χ4n) is 2.02. The molecule has 1 unspecified atom stereocenters. The Morgan fingerprint density at radius 3 is 2.88 bits per heavy atom. The van der Waals surface area contributed by atoms with E-state index in [2.05, 4.69) is 60.3 Å². The Balaban J connectivity index is 1.98. The van der Waals surface area contributed by atoms with Crippen LogP contribution in [0.25, 0.3) is 0 Å². The van der Waals surface area contributed by atoms with Gasteiger partial charge in [-0.25, -0.2) is 0 Å². The highest BCUT2D eigenvalue weighted by molar-refractivity contribution is 5.09. The Labute approximate surface area is 102 Å². The molecule has 0 radical (unpaired) electrons. The number of hydrogen-bond acceptors (Lipinski definition) is 2. The first-order chi connectivity index (χ1) is 8.22. The van der Waals surface area contributed by atoms with Crippen LogP contribution in [-0.4, -0.2) is 14.3 Å². The van der Waals surface area contributed by atoms with Crippen LogP contribution in [0.5, 0.6) is 0 Å². The van der Waals surface area contributed by atoms with Gasteiger partial charge in [0.05, 0.1) is 5.69 Å². The van der Waals surface area contributed by atoms with E-state index >= 15 is 0 Å². The van der Waals surface area contributed by atoms with Crippen LogP contribution >= 0.6 is 0 Å². The van der Waals surface area contributed by atoms with Gasteiger partial charge in [-0.1, -0.05) is 0 Å². The maximum absolute atomic E-state index is 4.29. The monoisotopic (exact) mass is 232 g/mol. The van der Waals surface area contributed by atoms with Crippen LogP contribution < -0.4 is 5.32 Å². The summed E-state index contributed by atoms with van der Waals surface area (Å²) < 4.78 is 4.17. The number of aromatic nitrogens is 3. The summed E-state index contributed by atoms with van der Waals surface area (Å²) in [5, 5.41) is 7.81. The zero-order valence-corrected chi connectivity index (χ0v) is 10.7. The fourth-order valence-corrected chi connectivity index (χ4v) is 2.02. The largest absolute Gasteiger partial charge is 0.353 e. The Bertz CT molecular complexity index is 469. The average molecular weight is 232 g/mol. The molecule has 0 spiro atoms. The third-order valence-electron chi connectivity index (χ3n) is 3.13. The van der Waals surface area contributed by atoms with Crippen molar-refractivity contribution in [2.75, 3.05) is 0 Å². The van der Waals surface area contributed by atoms with Crippen molar-refractivity contribution in [3.8, 4) is 0 Å². The molecule has 4 nitrogen and oxygen atoms in total. The summed E-state index contributed by atoms with van der Waals surface area (Å²) in [6.07, 6.45) is 3.93. The van der Waals surface area contributed by atoms with E-state index in [1.807, 2.05) is 10.9 Å². The van der Waals surface area contributed by atoms with Gasteiger partial charge in [0, 0.05) is 44.3 Å². The molecular weight excluding hydrogens is 212 g/mol. The molecule has 0 aliphatic carbocycles. The van der Waals surface area contributed by atoms with E-state index in [0.717, 1.165) is 13.1 Å². The minimum atomic E-state index is 0.312. The van der Waals surface area contributed by atoms with Crippen LogP contribution in [0.4, 0.5) is 0 Å². The SMILES string of the molecule is CCn1nccc1C(C)NCc1cccn1C. The number of rotatable bonds is 5. The summed E-state index contributed by atoms with van der Waals surface area (Å²) in [5.41, 5.74) is 2.53. The van der Waals surface area contributed by atoms with Crippen LogP contribution in [-0.2, 0) is 20.1 Å². The van der Waals surface area contributed by atoms with Crippen molar-refractivity contribution >= 4 is 0 Å². The molecule has 0 fully saturated rings. The highest BCUT2D eigenvalue weighted by atomic mass is 15.3. The third kappa shape index (κ3) is 2.58. The van der Waals surface area contributed by atoms with Gasteiger partial charge in [-0.15, -0.1) is 0 Å². The first-order valence-corrected chi connectivity index (χ1v) is 6.07. The molecule has 92 valence electrons. The zero-order chi connectivity index (χ0) is 12.3. The topological polar surface area (TPSA) is 34.8 Å². The van der Waals surface area contributed by atoms with Crippen LogP contribution in [0.15, 0.2) is 30.6 Å². The second kappa shape index (κ2) is 5.19. The van der Waals surface area contributed by atoms with Crippen molar-refractivity contribution in [2.24, 2.45) is 7.05 Å². The van der Waals surface area contributed by atoms with Gasteiger partial charge in [0.2, 0.25) is 0 Å². The van der Waals surface area contributed by atoms with E-state index in [4.69, 9.17) is 0 Å². The summed E-state index contributed by atoms with van der Waals surface area (Å²) in [6.45, 7) is 6.07. The van der Waals surface area contributed by atoms with E-state index in [9.17, 15) is 0 Å². The number of nitrogens with zero attached hydrogens (tertiary/aromatic N) is 3. The molecule has 0 saturated heterocycles. The van der Waals surface area contributed by atoms with E-state index < -0.39 is 0 Å². The van der Waals surface area contributed by atoms with E-state index in [1.54, 1.807) is 0 Å². The van der Waals surface area contributed by atoms with E-state index in [0.29, 0.717) is 6.04 Å². The van der Waals surface area contributed by atoms with E-state index in [-0.39, 0.29) is 0 Å². The Morgan fingerprint density at radius 2 is 2.24 bits per heavy atom. The lowest BCUT2D eigenvalue weighted by Crippen LogP contribution is -2.22. The third-order valence-corrected chi connectivity index (χ3v) is 3.13. The quantitative estimate of drug-likeness (QED) is 0.856. The predicted molar refractivity (Wildman–Crippen MR) is 68.6 cm³/mol. The van der Waals surface area contributed by atoms with Gasteiger partial charge in [0.1, 0.15) is 0 Å². The van der Waals surface area contributed by atoms with Gasteiger partial charge in [0.25, 0.3) is 0 Å². The molecule has 1 atom stereocenters. The average Bonchev–Trinajstić information content (AvgIpc) is 2.94. The maximum Gasteiger partial charge on any atom is 0.0550 e. The maximum atomic E-state index is 4.29. The van der Waals surface area contributed by atoms with Gasteiger partial charge in [0.15, 0.2) is 0 Å². The highest BCUT2D eigenvalue weighted by Crippen LogP contribution is 2.12. The second-order valence-corrected chi connectivity index (χ2v) is 4.28. The Kier molecular flexibility index (Phi) is 3.64. The number of nitrogens with one attached hydrogen (secondary N) is 1. The van der Waals surface area contributed by atoms with Crippen molar-refractivity contribution in [1.29, 1.82) is 0 Å². The first kappa shape index (κ1) is 11.9. The summed E-state index contributed by atoms with van der Waals surface area (Å²) in [4.78, 5) is 0. The molecule has 0 aliphatic heterocycles. The molecule has 4 heteroatoms. The van der Waals surface area contributed by atoms with E-state index in [1.165, 1.54) is 11.4 Å². The lowest BCUT2D eigenvalue weighted by atomic mass is 10.2. The van der Waals surface area contributed by atoms with Gasteiger partial charge in [-0.3, -0.25) is 4.68 Å². The Hall–Kier alpha value is -1.55. The van der Waals surface area contributed by atoms with Crippen LogP contribution in [0.2, 0.25) is 0 Å². The molecule has 0 aliphatic rings. The number of aryl methyl sites for hydroxylation is 2. The predicted octanol–water partition coefficient (Wildman–Crippen LogP) is 2.09. The van der Waals surface area contributed by atoms with Gasteiger partial charge in [-0.2, -0.15) is 5.10 Å². The smallest absolute Gasteiger partial charge is 0.0550 e. The van der Waals surface area contributed by atoms with Crippen molar-refractivity contribution in [3.05, 3.63) is 42.0 Å². The minimum Gasteiger partial charge on any atom is -0.353 e. The molecule has 2 rings (SSSR count). The van der Waals surface area contributed by atoms with Crippen LogP contribution in [0.1, 0.15) is 31.3 Å². The highest BCUT2D eigenvalue weighted by Gasteiger charge is 2.10. The lowest BCUT2D eigenvalue weighted by molar-refractivity contribution is 0.501. The van der Waals surface area contributed by atoms with Crippen LogP contribution in [0.3, 0.4) is 0 Å².